The van der Waals surface area contributed by atoms with Gasteiger partial charge in [0.25, 0.3) is 0 Å². The van der Waals surface area contributed by atoms with Gasteiger partial charge in [0.1, 0.15) is 5.75 Å². The molecule has 0 aliphatic rings. The molecule has 2 amide bonds. The number of para-hydroxylation sites is 2. The zero-order valence-corrected chi connectivity index (χ0v) is 17.9. The number of aryl methyl sites for hydroxylation is 1. The van der Waals surface area contributed by atoms with Crippen molar-refractivity contribution in [1.82, 2.24) is 5.43 Å². The first-order valence-electron chi connectivity index (χ1n) is 9.77. The second-order valence-electron chi connectivity index (χ2n) is 6.57. The van der Waals surface area contributed by atoms with Crippen LogP contribution in [0.3, 0.4) is 0 Å². The fourth-order valence-electron chi connectivity index (χ4n) is 2.80. The number of carbonyl (C=O) groups excluding carboxylic acids is 3. The molecule has 8 heteroatoms. The molecule has 0 bridgehead atoms. The lowest BCUT2D eigenvalue weighted by atomic mass is 10.1. The number of hydrogen-bond acceptors (Lipinski definition) is 5. The van der Waals surface area contributed by atoms with Crippen molar-refractivity contribution in [1.29, 1.82) is 0 Å². The van der Waals surface area contributed by atoms with Crippen LogP contribution in [0.4, 0.5) is 5.69 Å². The van der Waals surface area contributed by atoms with Gasteiger partial charge in [-0.2, -0.15) is 5.10 Å². The molecule has 0 fully saturated rings. The lowest BCUT2D eigenvalue weighted by Crippen LogP contribution is -2.32. The fraction of sp³-hybridized carbons (Fsp3) is 0.0833. The number of nitrogens with zero attached hydrogens (tertiary/aromatic N) is 1. The van der Waals surface area contributed by atoms with Gasteiger partial charge < -0.3 is 10.1 Å². The minimum absolute atomic E-state index is 0.219. The molecule has 0 unspecified atom stereocenters. The molecular formula is C24H20ClN3O4. The number of halogens is 1. The smallest absolute Gasteiger partial charge is 0.345 e. The van der Waals surface area contributed by atoms with Crippen molar-refractivity contribution in [2.24, 2.45) is 5.10 Å². The maximum atomic E-state index is 12.4. The van der Waals surface area contributed by atoms with E-state index in [2.05, 4.69) is 15.8 Å². The Hall–Kier alpha value is -3.97. The van der Waals surface area contributed by atoms with Gasteiger partial charge in [-0.1, -0.05) is 61.0 Å². The van der Waals surface area contributed by atoms with E-state index in [0.29, 0.717) is 17.7 Å². The van der Waals surface area contributed by atoms with Crippen LogP contribution in [0.15, 0.2) is 77.9 Å². The summed E-state index contributed by atoms with van der Waals surface area (Å²) in [5, 5.41) is 6.64. The average molecular weight is 450 g/mol. The van der Waals surface area contributed by atoms with Crippen molar-refractivity contribution in [3.8, 4) is 5.75 Å². The third-order valence-electron chi connectivity index (χ3n) is 4.44. The predicted octanol–water partition coefficient (Wildman–Crippen LogP) is 4.21. The van der Waals surface area contributed by atoms with Crippen LogP contribution in [0.2, 0.25) is 5.02 Å². The second-order valence-corrected chi connectivity index (χ2v) is 6.98. The van der Waals surface area contributed by atoms with Gasteiger partial charge in [0.2, 0.25) is 0 Å². The van der Waals surface area contributed by atoms with E-state index in [0.717, 1.165) is 5.56 Å². The van der Waals surface area contributed by atoms with Crippen LogP contribution in [-0.4, -0.2) is 24.0 Å². The third-order valence-corrected chi connectivity index (χ3v) is 4.77. The predicted molar refractivity (Wildman–Crippen MR) is 123 cm³/mol. The highest BCUT2D eigenvalue weighted by atomic mass is 35.5. The van der Waals surface area contributed by atoms with Gasteiger partial charge in [-0.15, -0.1) is 0 Å². The molecule has 162 valence electrons. The molecule has 3 aromatic carbocycles. The van der Waals surface area contributed by atoms with Gasteiger partial charge in [0.05, 0.1) is 16.8 Å². The highest BCUT2D eigenvalue weighted by Gasteiger charge is 2.15. The van der Waals surface area contributed by atoms with E-state index in [1.165, 1.54) is 6.21 Å². The Morgan fingerprint density at radius 2 is 1.62 bits per heavy atom. The van der Waals surface area contributed by atoms with Crippen LogP contribution >= 0.6 is 11.6 Å². The molecule has 0 saturated carbocycles. The molecule has 0 saturated heterocycles. The van der Waals surface area contributed by atoms with Gasteiger partial charge in [0.15, 0.2) is 0 Å². The molecule has 0 aliphatic carbocycles. The van der Waals surface area contributed by atoms with Gasteiger partial charge in [0, 0.05) is 11.3 Å². The normalized spacial score (nSPS) is 10.6. The molecule has 0 aromatic heterocycles. The summed E-state index contributed by atoms with van der Waals surface area (Å²) in [4.78, 5) is 36.6. The van der Waals surface area contributed by atoms with Crippen molar-refractivity contribution in [3.63, 3.8) is 0 Å². The molecule has 0 radical (unpaired) electrons. The monoisotopic (exact) mass is 449 g/mol. The van der Waals surface area contributed by atoms with Gasteiger partial charge in [-0.05, 0) is 42.3 Å². The number of rotatable bonds is 6. The molecule has 2 N–H and O–H groups in total. The quantitative estimate of drug-likeness (QED) is 0.194. The fourth-order valence-corrected chi connectivity index (χ4v) is 3.02. The van der Waals surface area contributed by atoms with Crippen molar-refractivity contribution < 1.29 is 19.1 Å². The summed E-state index contributed by atoms with van der Waals surface area (Å²) in [6.45, 7) is 1.95. The highest BCUT2D eigenvalue weighted by Crippen LogP contribution is 2.21. The summed E-state index contributed by atoms with van der Waals surface area (Å²) in [7, 11) is 0. The van der Waals surface area contributed by atoms with E-state index < -0.39 is 17.8 Å². The summed E-state index contributed by atoms with van der Waals surface area (Å²) in [5.74, 6) is -2.19. The standard InChI is InChI=1S/C24H20ClN3O4/c1-2-16-9-3-7-13-20(16)27-22(29)23(30)28-26-15-17-10-4-8-14-21(17)32-24(31)18-11-5-6-12-19(18)25/h3-15H,2H2,1H3,(H,27,29)(H,28,30)/b26-15+. The number of ether oxygens (including phenoxy) is 1. The molecule has 3 rings (SSSR count). The van der Waals surface area contributed by atoms with Gasteiger partial charge >= 0.3 is 17.8 Å². The van der Waals surface area contributed by atoms with Crippen LogP contribution in [-0.2, 0) is 16.0 Å². The van der Waals surface area contributed by atoms with E-state index >= 15 is 0 Å². The van der Waals surface area contributed by atoms with Crippen LogP contribution in [0, 0.1) is 0 Å². The number of hydrazone groups is 1. The number of esters is 1. The Bertz CT molecular complexity index is 1180. The van der Waals surface area contributed by atoms with E-state index in [-0.39, 0.29) is 16.3 Å². The number of nitrogens with one attached hydrogen (secondary N) is 2. The molecule has 3 aromatic rings. The molecule has 32 heavy (non-hydrogen) atoms. The molecule has 7 nitrogen and oxygen atoms in total. The Labute approximate surface area is 190 Å². The van der Waals surface area contributed by atoms with Crippen LogP contribution < -0.4 is 15.5 Å². The SMILES string of the molecule is CCc1ccccc1NC(=O)C(=O)N/N=C/c1ccccc1OC(=O)c1ccccc1Cl. The topological polar surface area (TPSA) is 96.9 Å². The second kappa shape index (κ2) is 10.9. The van der Waals surface area contributed by atoms with E-state index in [9.17, 15) is 14.4 Å². The summed E-state index contributed by atoms with van der Waals surface area (Å²) in [5.41, 5.74) is 4.28. The van der Waals surface area contributed by atoms with Crippen molar-refractivity contribution in [3.05, 3.63) is 94.5 Å². The lowest BCUT2D eigenvalue weighted by molar-refractivity contribution is -0.136. The zero-order valence-electron chi connectivity index (χ0n) is 17.2. The minimum Gasteiger partial charge on any atom is -0.422 e. The lowest BCUT2D eigenvalue weighted by Gasteiger charge is -2.09. The van der Waals surface area contributed by atoms with Gasteiger partial charge in [-0.3, -0.25) is 9.59 Å². The summed E-state index contributed by atoms with van der Waals surface area (Å²) in [6, 6.07) is 20.4. The van der Waals surface area contributed by atoms with Crippen LogP contribution in [0.25, 0.3) is 0 Å². The number of hydrogen-bond donors (Lipinski definition) is 2. The molecule has 0 heterocycles. The summed E-state index contributed by atoms with van der Waals surface area (Å²) in [6.07, 6.45) is 1.99. The Balaban J connectivity index is 1.64. The van der Waals surface area contributed by atoms with Crippen LogP contribution in [0.1, 0.15) is 28.4 Å². The highest BCUT2D eigenvalue weighted by molar-refractivity contribution is 6.39. The van der Waals surface area contributed by atoms with E-state index in [1.807, 2.05) is 19.1 Å². The maximum absolute atomic E-state index is 12.4. The summed E-state index contributed by atoms with van der Waals surface area (Å²) < 4.78 is 5.42. The largest absolute Gasteiger partial charge is 0.422 e. The van der Waals surface area contributed by atoms with Crippen molar-refractivity contribution in [2.45, 2.75) is 13.3 Å². The Kier molecular flexibility index (Phi) is 7.72. The van der Waals surface area contributed by atoms with Gasteiger partial charge in [-0.25, -0.2) is 10.2 Å². The van der Waals surface area contributed by atoms with Crippen molar-refractivity contribution >= 4 is 41.3 Å². The first-order chi connectivity index (χ1) is 15.5. The third kappa shape index (κ3) is 5.80. The van der Waals surface area contributed by atoms with Crippen molar-refractivity contribution in [2.75, 3.05) is 5.32 Å². The average Bonchev–Trinajstić information content (AvgIpc) is 2.80. The van der Waals surface area contributed by atoms with Crippen LogP contribution in [0.5, 0.6) is 5.75 Å². The molecule has 0 spiro atoms. The van der Waals surface area contributed by atoms with E-state index in [4.69, 9.17) is 16.3 Å². The van der Waals surface area contributed by atoms with E-state index in [1.54, 1.807) is 60.7 Å². The first-order valence-corrected chi connectivity index (χ1v) is 10.2. The number of anilines is 1. The minimum atomic E-state index is -0.933. The number of benzene rings is 3. The maximum Gasteiger partial charge on any atom is 0.345 e. The zero-order chi connectivity index (χ0) is 22.9. The Morgan fingerprint density at radius 3 is 2.41 bits per heavy atom. The molecule has 0 atom stereocenters. The number of amides is 2. The summed E-state index contributed by atoms with van der Waals surface area (Å²) >= 11 is 6.04. The first kappa shape index (κ1) is 22.7. The molecule has 0 aliphatic heterocycles. The Morgan fingerprint density at radius 1 is 0.938 bits per heavy atom. The number of carbonyl (C=O) groups is 3. The molecular weight excluding hydrogens is 430 g/mol.